The van der Waals surface area contributed by atoms with Gasteiger partial charge in [-0.2, -0.15) is 0 Å². The van der Waals surface area contributed by atoms with Gasteiger partial charge in [-0.1, -0.05) is 6.07 Å². The predicted molar refractivity (Wildman–Crippen MR) is 57.9 cm³/mol. The van der Waals surface area contributed by atoms with Gasteiger partial charge in [-0.15, -0.1) is 0 Å². The first-order chi connectivity index (χ1) is 7.81. The number of carbonyl (C=O) groups excluding carboxylic acids is 1. The first-order valence-corrected chi connectivity index (χ1v) is 5.21. The number of amides is 1. The molecule has 2 aliphatic rings. The quantitative estimate of drug-likeness (QED) is 0.778. The molecule has 0 atom stereocenters. The molecule has 1 fully saturated rings. The topological polar surface area (TPSA) is 47.6 Å². The molecule has 0 unspecified atom stereocenters. The van der Waals surface area contributed by atoms with E-state index in [0.29, 0.717) is 6.42 Å². The Morgan fingerprint density at radius 2 is 2.06 bits per heavy atom. The Labute approximate surface area is 92.9 Å². The molecule has 2 heterocycles. The third kappa shape index (κ3) is 1.62. The molecule has 4 heteroatoms. The van der Waals surface area contributed by atoms with E-state index in [2.05, 4.69) is 5.32 Å². The second kappa shape index (κ2) is 3.56. The number of benzene rings is 1. The molecule has 0 radical (unpaired) electrons. The van der Waals surface area contributed by atoms with E-state index < -0.39 is 0 Å². The number of ether oxygens (including phenoxy) is 2. The average Bonchev–Trinajstić information content (AvgIpc) is 2.87. The summed E-state index contributed by atoms with van der Waals surface area (Å²) in [6.07, 6.45) is 3.33. The molecule has 1 aromatic carbocycles. The zero-order valence-electron chi connectivity index (χ0n) is 8.66. The second-order valence-electron chi connectivity index (χ2n) is 3.83. The van der Waals surface area contributed by atoms with Crippen LogP contribution in [-0.2, 0) is 4.79 Å². The summed E-state index contributed by atoms with van der Waals surface area (Å²) in [5.41, 5.74) is 1.98. The largest absolute Gasteiger partial charge is 0.454 e. The Bertz CT molecular complexity index is 479. The molecule has 1 N–H and O–H groups in total. The molecule has 1 aromatic rings. The minimum Gasteiger partial charge on any atom is -0.454 e. The Hall–Kier alpha value is -1.97. The Balaban J connectivity index is 1.88. The minimum absolute atomic E-state index is 0.0898. The monoisotopic (exact) mass is 217 g/mol. The van der Waals surface area contributed by atoms with Crippen molar-refractivity contribution in [2.75, 3.05) is 6.79 Å². The third-order valence-corrected chi connectivity index (χ3v) is 2.66. The Morgan fingerprint density at radius 1 is 1.19 bits per heavy atom. The van der Waals surface area contributed by atoms with E-state index in [1.807, 2.05) is 24.3 Å². The van der Waals surface area contributed by atoms with Crippen LogP contribution in [0, 0.1) is 0 Å². The molecule has 1 saturated heterocycles. The molecule has 4 nitrogen and oxygen atoms in total. The van der Waals surface area contributed by atoms with Crippen molar-refractivity contribution in [3.8, 4) is 11.5 Å². The predicted octanol–water partition coefficient (Wildman–Crippen LogP) is 1.67. The Kier molecular flexibility index (Phi) is 2.06. The van der Waals surface area contributed by atoms with E-state index in [0.717, 1.165) is 29.2 Å². The van der Waals surface area contributed by atoms with Gasteiger partial charge >= 0.3 is 0 Å². The maximum atomic E-state index is 11.0. The first-order valence-electron chi connectivity index (χ1n) is 5.21. The van der Waals surface area contributed by atoms with Crippen molar-refractivity contribution < 1.29 is 14.3 Å². The van der Waals surface area contributed by atoms with E-state index >= 15 is 0 Å². The smallest absolute Gasteiger partial charge is 0.231 e. The molecule has 82 valence electrons. The zero-order chi connectivity index (χ0) is 11.0. The highest BCUT2D eigenvalue weighted by Crippen LogP contribution is 2.33. The molecule has 2 aliphatic heterocycles. The van der Waals surface area contributed by atoms with E-state index in [9.17, 15) is 4.79 Å². The SMILES string of the molecule is O=C1CCC(=Cc2ccc3c(c2)OCO3)N1. The molecule has 0 spiro atoms. The first kappa shape index (κ1) is 9.27. The lowest BCUT2D eigenvalue weighted by atomic mass is 10.1. The fourth-order valence-corrected chi connectivity index (χ4v) is 1.86. The van der Waals surface area contributed by atoms with E-state index in [1.54, 1.807) is 0 Å². The lowest BCUT2D eigenvalue weighted by Crippen LogP contribution is -2.11. The number of allylic oxidation sites excluding steroid dienone is 1. The molecule has 0 aliphatic carbocycles. The van der Waals surface area contributed by atoms with Crippen LogP contribution < -0.4 is 14.8 Å². The van der Waals surface area contributed by atoms with Crippen molar-refractivity contribution in [3.63, 3.8) is 0 Å². The van der Waals surface area contributed by atoms with Gasteiger partial charge in [0.25, 0.3) is 0 Å². The van der Waals surface area contributed by atoms with Gasteiger partial charge in [-0.3, -0.25) is 4.79 Å². The lowest BCUT2D eigenvalue weighted by molar-refractivity contribution is -0.118. The van der Waals surface area contributed by atoms with E-state index in [1.165, 1.54) is 0 Å². The van der Waals surface area contributed by atoms with Crippen molar-refractivity contribution in [2.24, 2.45) is 0 Å². The fourth-order valence-electron chi connectivity index (χ4n) is 1.86. The average molecular weight is 217 g/mol. The van der Waals surface area contributed by atoms with Gasteiger partial charge in [-0.25, -0.2) is 0 Å². The number of hydrogen-bond donors (Lipinski definition) is 1. The van der Waals surface area contributed by atoms with Crippen molar-refractivity contribution in [1.82, 2.24) is 5.32 Å². The summed E-state index contributed by atoms with van der Waals surface area (Å²) >= 11 is 0. The molecule has 0 saturated carbocycles. The number of rotatable bonds is 1. The molecule has 0 bridgehead atoms. The van der Waals surface area contributed by atoms with E-state index in [-0.39, 0.29) is 12.7 Å². The maximum Gasteiger partial charge on any atom is 0.231 e. The van der Waals surface area contributed by atoms with Gasteiger partial charge in [-0.05, 0) is 30.2 Å². The Morgan fingerprint density at radius 3 is 2.88 bits per heavy atom. The van der Waals surface area contributed by atoms with E-state index in [4.69, 9.17) is 9.47 Å². The summed E-state index contributed by atoms with van der Waals surface area (Å²) < 4.78 is 10.5. The van der Waals surface area contributed by atoms with Crippen LogP contribution in [0.3, 0.4) is 0 Å². The maximum absolute atomic E-state index is 11.0. The van der Waals surface area contributed by atoms with Crippen LogP contribution >= 0.6 is 0 Å². The van der Waals surface area contributed by atoms with Gasteiger partial charge < -0.3 is 14.8 Å². The molecule has 1 amide bonds. The van der Waals surface area contributed by atoms with Gasteiger partial charge in [0, 0.05) is 12.1 Å². The van der Waals surface area contributed by atoms with Crippen molar-refractivity contribution in [3.05, 3.63) is 29.5 Å². The van der Waals surface area contributed by atoms with Crippen LogP contribution in [0.25, 0.3) is 6.08 Å². The van der Waals surface area contributed by atoms with Crippen LogP contribution in [0.5, 0.6) is 11.5 Å². The summed E-state index contributed by atoms with van der Waals surface area (Å²) in [7, 11) is 0. The number of nitrogens with one attached hydrogen (secondary N) is 1. The van der Waals surface area contributed by atoms with Crippen LogP contribution in [0.1, 0.15) is 18.4 Å². The van der Waals surface area contributed by atoms with Gasteiger partial charge in [0.2, 0.25) is 12.7 Å². The highest BCUT2D eigenvalue weighted by atomic mass is 16.7. The van der Waals surface area contributed by atoms with Crippen LogP contribution in [0.2, 0.25) is 0 Å². The third-order valence-electron chi connectivity index (χ3n) is 2.66. The number of carbonyl (C=O) groups is 1. The van der Waals surface area contributed by atoms with Crippen molar-refractivity contribution >= 4 is 12.0 Å². The molecule has 0 aromatic heterocycles. The standard InChI is InChI=1S/C12H11NO3/c14-12-4-2-9(13-12)5-8-1-3-10-11(6-8)16-7-15-10/h1,3,5-6H,2,4,7H2,(H,13,14). The van der Waals surface area contributed by atoms with Crippen LogP contribution in [0.4, 0.5) is 0 Å². The zero-order valence-corrected chi connectivity index (χ0v) is 8.66. The number of hydrogen-bond acceptors (Lipinski definition) is 3. The summed E-state index contributed by atoms with van der Waals surface area (Å²) in [6.45, 7) is 0.284. The van der Waals surface area contributed by atoms with Crippen LogP contribution in [0.15, 0.2) is 23.9 Å². The summed E-state index contributed by atoms with van der Waals surface area (Å²) in [4.78, 5) is 11.0. The number of fused-ring (bicyclic) bond motifs is 1. The summed E-state index contributed by atoms with van der Waals surface area (Å²) in [5, 5.41) is 2.82. The summed E-state index contributed by atoms with van der Waals surface area (Å²) in [6, 6.07) is 5.75. The molecule has 16 heavy (non-hydrogen) atoms. The highest BCUT2D eigenvalue weighted by Gasteiger charge is 2.15. The minimum atomic E-state index is 0.0898. The van der Waals surface area contributed by atoms with Gasteiger partial charge in [0.05, 0.1) is 0 Å². The molecular formula is C12H11NO3. The molecular weight excluding hydrogens is 206 g/mol. The fraction of sp³-hybridized carbons (Fsp3) is 0.250. The molecule has 3 rings (SSSR count). The van der Waals surface area contributed by atoms with Crippen LogP contribution in [-0.4, -0.2) is 12.7 Å². The highest BCUT2D eigenvalue weighted by molar-refractivity contribution is 5.82. The lowest BCUT2D eigenvalue weighted by Gasteiger charge is -2.00. The normalized spacial score (nSPS) is 20.2. The van der Waals surface area contributed by atoms with Gasteiger partial charge in [0.15, 0.2) is 11.5 Å². The summed E-state index contributed by atoms with van der Waals surface area (Å²) in [5.74, 6) is 1.63. The van der Waals surface area contributed by atoms with Crippen molar-refractivity contribution in [1.29, 1.82) is 0 Å². The van der Waals surface area contributed by atoms with Gasteiger partial charge in [0.1, 0.15) is 0 Å². The second-order valence-corrected chi connectivity index (χ2v) is 3.83. The van der Waals surface area contributed by atoms with Crippen molar-refractivity contribution in [2.45, 2.75) is 12.8 Å².